The Balaban J connectivity index is 1.67. The molecule has 0 unspecified atom stereocenters. The number of rotatable bonds is 5. The van der Waals surface area contributed by atoms with Crippen molar-refractivity contribution in [3.05, 3.63) is 53.6 Å². The molecule has 1 heterocycles. The first-order chi connectivity index (χ1) is 11.2. The molecule has 0 N–H and O–H groups in total. The molecule has 4 heteroatoms. The van der Waals surface area contributed by atoms with E-state index in [1.807, 2.05) is 61.2 Å². The van der Waals surface area contributed by atoms with Crippen LogP contribution in [0, 0.1) is 6.92 Å². The first-order valence-electron chi connectivity index (χ1n) is 7.93. The molecular weight excluding hydrogens is 290 g/mol. The molecule has 0 saturated heterocycles. The summed E-state index contributed by atoms with van der Waals surface area (Å²) in [4.78, 5) is 14.5. The third-order valence-corrected chi connectivity index (χ3v) is 4.09. The molecule has 0 aliphatic carbocycles. The zero-order valence-corrected chi connectivity index (χ0v) is 13.5. The summed E-state index contributed by atoms with van der Waals surface area (Å²) < 4.78 is 10.7. The lowest BCUT2D eigenvalue weighted by molar-refractivity contribution is -0.118. The van der Waals surface area contributed by atoms with E-state index in [4.69, 9.17) is 9.47 Å². The van der Waals surface area contributed by atoms with E-state index in [1.54, 1.807) is 0 Å². The smallest absolute Gasteiger partial charge is 0.231 e. The van der Waals surface area contributed by atoms with Crippen molar-refractivity contribution in [2.45, 2.75) is 26.7 Å². The molecule has 2 aromatic carbocycles. The number of para-hydroxylation sites is 1. The van der Waals surface area contributed by atoms with E-state index >= 15 is 0 Å². The van der Waals surface area contributed by atoms with Crippen molar-refractivity contribution in [2.24, 2.45) is 0 Å². The summed E-state index contributed by atoms with van der Waals surface area (Å²) in [6, 6.07) is 13.8. The minimum absolute atomic E-state index is 0.138. The second-order valence-electron chi connectivity index (χ2n) is 5.61. The highest BCUT2D eigenvalue weighted by atomic mass is 16.7. The molecule has 2 aromatic rings. The second kappa shape index (κ2) is 6.73. The van der Waals surface area contributed by atoms with Gasteiger partial charge in [0, 0.05) is 18.7 Å². The normalized spacial score (nSPS) is 12.3. The third kappa shape index (κ3) is 3.31. The number of amides is 1. The van der Waals surface area contributed by atoms with Crippen molar-refractivity contribution in [1.82, 2.24) is 0 Å². The van der Waals surface area contributed by atoms with Crippen LogP contribution >= 0.6 is 0 Å². The number of ether oxygens (including phenoxy) is 2. The van der Waals surface area contributed by atoms with Gasteiger partial charge >= 0.3 is 0 Å². The number of fused-ring (bicyclic) bond motifs is 1. The van der Waals surface area contributed by atoms with Crippen molar-refractivity contribution in [2.75, 3.05) is 18.2 Å². The predicted octanol–water partition coefficient (Wildman–Crippen LogP) is 3.71. The van der Waals surface area contributed by atoms with Crippen LogP contribution in [-0.4, -0.2) is 19.2 Å². The lowest BCUT2D eigenvalue weighted by Crippen LogP contribution is -2.31. The van der Waals surface area contributed by atoms with Crippen molar-refractivity contribution in [3.8, 4) is 11.5 Å². The quantitative estimate of drug-likeness (QED) is 0.845. The summed E-state index contributed by atoms with van der Waals surface area (Å²) in [6.45, 7) is 4.98. The zero-order valence-electron chi connectivity index (χ0n) is 13.5. The van der Waals surface area contributed by atoms with Gasteiger partial charge in [-0.15, -0.1) is 0 Å². The molecule has 0 radical (unpaired) electrons. The minimum atomic E-state index is 0.138. The summed E-state index contributed by atoms with van der Waals surface area (Å²) in [5.74, 6) is 1.68. The van der Waals surface area contributed by atoms with Gasteiger partial charge in [0.05, 0.1) is 0 Å². The fourth-order valence-electron chi connectivity index (χ4n) is 2.83. The van der Waals surface area contributed by atoms with E-state index in [9.17, 15) is 4.79 Å². The monoisotopic (exact) mass is 311 g/mol. The number of hydrogen-bond acceptors (Lipinski definition) is 3. The molecular formula is C19H21NO3. The molecule has 0 atom stereocenters. The molecule has 120 valence electrons. The van der Waals surface area contributed by atoms with Gasteiger partial charge in [-0.05, 0) is 49.6 Å². The number of aryl methyl sites for hydroxylation is 2. The minimum Gasteiger partial charge on any atom is -0.454 e. The largest absolute Gasteiger partial charge is 0.454 e. The molecule has 0 saturated carbocycles. The van der Waals surface area contributed by atoms with E-state index in [2.05, 4.69) is 0 Å². The lowest BCUT2D eigenvalue weighted by atomic mass is 10.1. The first kappa shape index (κ1) is 15.4. The molecule has 1 amide bonds. The summed E-state index contributed by atoms with van der Waals surface area (Å²) >= 11 is 0. The second-order valence-corrected chi connectivity index (χ2v) is 5.61. The number of carbonyl (C=O) groups is 1. The van der Waals surface area contributed by atoms with Crippen molar-refractivity contribution < 1.29 is 14.3 Å². The Bertz CT molecular complexity index is 712. The van der Waals surface area contributed by atoms with Gasteiger partial charge in [-0.25, -0.2) is 0 Å². The first-order valence-corrected chi connectivity index (χ1v) is 7.93. The topological polar surface area (TPSA) is 38.8 Å². The van der Waals surface area contributed by atoms with E-state index < -0.39 is 0 Å². The number of carbonyl (C=O) groups excluding carboxylic acids is 1. The fraction of sp³-hybridized carbons (Fsp3) is 0.316. The number of anilines is 1. The van der Waals surface area contributed by atoms with Crippen LogP contribution in [0.4, 0.5) is 5.69 Å². The summed E-state index contributed by atoms with van der Waals surface area (Å²) in [7, 11) is 0. The average molecular weight is 311 g/mol. The molecule has 3 rings (SSSR count). The Morgan fingerprint density at radius 3 is 2.70 bits per heavy atom. The molecule has 0 spiro atoms. The molecule has 0 aromatic heterocycles. The highest BCUT2D eigenvalue weighted by Crippen LogP contribution is 2.32. The van der Waals surface area contributed by atoms with Crippen LogP contribution < -0.4 is 14.4 Å². The summed E-state index contributed by atoms with van der Waals surface area (Å²) in [5, 5.41) is 0. The predicted molar refractivity (Wildman–Crippen MR) is 90.1 cm³/mol. The number of benzene rings is 2. The standard InChI is InChI=1S/C19H21NO3/c1-3-20(16-7-5-4-6-14(16)2)19(21)11-9-15-8-10-17-18(12-15)23-13-22-17/h4-8,10,12H,3,9,11,13H2,1-2H3. The van der Waals surface area contributed by atoms with Gasteiger partial charge in [-0.3, -0.25) is 4.79 Å². The fourth-order valence-corrected chi connectivity index (χ4v) is 2.83. The maximum atomic E-state index is 12.6. The van der Waals surface area contributed by atoms with E-state index in [0.29, 0.717) is 19.4 Å². The Labute approximate surface area is 136 Å². The van der Waals surface area contributed by atoms with Crippen molar-refractivity contribution in [1.29, 1.82) is 0 Å². The van der Waals surface area contributed by atoms with Crippen LogP contribution in [0.2, 0.25) is 0 Å². The highest BCUT2D eigenvalue weighted by Gasteiger charge is 2.17. The van der Waals surface area contributed by atoms with E-state index in [0.717, 1.165) is 28.3 Å². The van der Waals surface area contributed by atoms with E-state index in [-0.39, 0.29) is 12.7 Å². The summed E-state index contributed by atoms with van der Waals surface area (Å²) in [5.41, 5.74) is 3.19. The van der Waals surface area contributed by atoms with Crippen LogP contribution in [-0.2, 0) is 11.2 Å². The Morgan fingerprint density at radius 2 is 1.91 bits per heavy atom. The van der Waals surface area contributed by atoms with Crippen LogP contribution in [0.5, 0.6) is 11.5 Å². The third-order valence-electron chi connectivity index (χ3n) is 4.09. The van der Waals surface area contributed by atoms with Crippen LogP contribution in [0.25, 0.3) is 0 Å². The molecule has 0 fully saturated rings. The Hall–Kier alpha value is -2.49. The van der Waals surface area contributed by atoms with Gasteiger partial charge in [0.15, 0.2) is 11.5 Å². The number of nitrogens with zero attached hydrogens (tertiary/aromatic N) is 1. The van der Waals surface area contributed by atoms with Gasteiger partial charge in [0.25, 0.3) is 0 Å². The van der Waals surface area contributed by atoms with Crippen molar-refractivity contribution in [3.63, 3.8) is 0 Å². The van der Waals surface area contributed by atoms with Gasteiger partial charge in [-0.1, -0.05) is 24.3 Å². The van der Waals surface area contributed by atoms with Gasteiger partial charge in [-0.2, -0.15) is 0 Å². The van der Waals surface area contributed by atoms with Crippen molar-refractivity contribution >= 4 is 11.6 Å². The maximum absolute atomic E-state index is 12.6. The molecule has 4 nitrogen and oxygen atoms in total. The molecule has 1 aliphatic heterocycles. The zero-order chi connectivity index (χ0) is 16.2. The molecule has 1 aliphatic rings. The van der Waals surface area contributed by atoms with Crippen LogP contribution in [0.1, 0.15) is 24.5 Å². The molecule has 23 heavy (non-hydrogen) atoms. The maximum Gasteiger partial charge on any atom is 0.231 e. The van der Waals surface area contributed by atoms with E-state index in [1.165, 1.54) is 0 Å². The van der Waals surface area contributed by atoms with Gasteiger partial charge < -0.3 is 14.4 Å². The Kier molecular flexibility index (Phi) is 4.51. The molecule has 0 bridgehead atoms. The van der Waals surface area contributed by atoms with Gasteiger partial charge in [0.2, 0.25) is 12.7 Å². The number of hydrogen-bond donors (Lipinski definition) is 0. The Morgan fingerprint density at radius 1 is 1.13 bits per heavy atom. The SMILES string of the molecule is CCN(C(=O)CCc1ccc2c(c1)OCO2)c1ccccc1C. The van der Waals surface area contributed by atoms with Crippen LogP contribution in [0.3, 0.4) is 0 Å². The highest BCUT2D eigenvalue weighted by molar-refractivity contribution is 5.94. The summed E-state index contributed by atoms with van der Waals surface area (Å²) in [6.07, 6.45) is 1.17. The average Bonchev–Trinajstić information content (AvgIpc) is 3.03. The van der Waals surface area contributed by atoms with Crippen LogP contribution in [0.15, 0.2) is 42.5 Å². The lowest BCUT2D eigenvalue weighted by Gasteiger charge is -2.23. The van der Waals surface area contributed by atoms with Gasteiger partial charge in [0.1, 0.15) is 0 Å².